The highest BCUT2D eigenvalue weighted by atomic mass is 14.2. The molecule has 0 radical (unpaired) electrons. The predicted octanol–water partition coefficient (Wildman–Crippen LogP) is 7.92. The summed E-state index contributed by atoms with van der Waals surface area (Å²) in [4.78, 5) is 0. The first kappa shape index (κ1) is 23.2. The monoisotopic (exact) mass is 304 g/mol. The molecule has 128 valence electrons. The fourth-order valence-corrected chi connectivity index (χ4v) is 1.80. The second kappa shape index (κ2) is 12.5. The van der Waals surface area contributed by atoms with Crippen molar-refractivity contribution in [3.63, 3.8) is 0 Å². The maximum Gasteiger partial charge on any atom is -0.0153 e. The Morgan fingerprint density at radius 1 is 1.09 bits per heavy atom. The minimum absolute atomic E-state index is 0.347. The molecule has 0 aliphatic heterocycles. The Kier molecular flexibility index (Phi) is 13.2. The lowest BCUT2D eigenvalue weighted by Crippen LogP contribution is -2.09. The first-order chi connectivity index (χ1) is 10.2. The average Bonchev–Trinajstić information content (AvgIpc) is 2.50. The van der Waals surface area contributed by atoms with Gasteiger partial charge in [0.25, 0.3) is 0 Å². The van der Waals surface area contributed by atoms with Crippen molar-refractivity contribution in [2.24, 2.45) is 5.41 Å². The maximum absolute atomic E-state index is 3.90. The van der Waals surface area contributed by atoms with E-state index in [1.165, 1.54) is 36.0 Å². The van der Waals surface area contributed by atoms with Gasteiger partial charge in [-0.2, -0.15) is 0 Å². The summed E-state index contributed by atoms with van der Waals surface area (Å²) in [7, 11) is 0. The number of hydrogen-bond acceptors (Lipinski definition) is 0. The number of aryl methyl sites for hydroxylation is 1. The van der Waals surface area contributed by atoms with E-state index in [2.05, 4.69) is 79.3 Å². The van der Waals surface area contributed by atoms with Gasteiger partial charge in [0.2, 0.25) is 0 Å². The van der Waals surface area contributed by atoms with E-state index in [0.29, 0.717) is 5.41 Å². The van der Waals surface area contributed by atoms with Gasteiger partial charge < -0.3 is 0 Å². The Balaban J connectivity index is 0. The molecule has 0 saturated heterocycles. The van der Waals surface area contributed by atoms with Crippen LogP contribution in [0.1, 0.15) is 91.7 Å². The van der Waals surface area contributed by atoms with Crippen molar-refractivity contribution < 1.29 is 0 Å². The van der Waals surface area contributed by atoms with Crippen LogP contribution in [0.2, 0.25) is 0 Å². The third-order valence-electron chi connectivity index (χ3n) is 4.41. The molecule has 0 nitrogen and oxygen atoms in total. The van der Waals surface area contributed by atoms with Crippen LogP contribution < -0.4 is 0 Å². The zero-order valence-corrected chi connectivity index (χ0v) is 16.7. The summed E-state index contributed by atoms with van der Waals surface area (Å²) >= 11 is 0. The van der Waals surface area contributed by atoms with Gasteiger partial charge in [-0.05, 0) is 43.6 Å². The van der Waals surface area contributed by atoms with Crippen LogP contribution in [0.5, 0.6) is 0 Å². The summed E-state index contributed by atoms with van der Waals surface area (Å²) in [6.07, 6.45) is 3.75. The van der Waals surface area contributed by atoms with Gasteiger partial charge in [0.1, 0.15) is 0 Å². The summed E-state index contributed by atoms with van der Waals surface area (Å²) in [6.45, 7) is 23.3. The maximum atomic E-state index is 3.90. The molecule has 0 spiro atoms. The zero-order valence-electron chi connectivity index (χ0n) is 16.7. The fraction of sp³-hybridized carbons (Fsp3) is 0.636. The topological polar surface area (TPSA) is 0 Å². The molecule has 1 atom stereocenters. The molecule has 0 aromatic heterocycles. The van der Waals surface area contributed by atoms with E-state index in [-0.39, 0.29) is 0 Å². The molecule has 1 aromatic carbocycles. The van der Waals surface area contributed by atoms with E-state index < -0.39 is 0 Å². The molecule has 0 aliphatic carbocycles. The van der Waals surface area contributed by atoms with Gasteiger partial charge in [-0.15, -0.1) is 0 Å². The standard InChI is InChI=1S/C12H18.C8H16.C2H6/c1-4-5-11(3)12-8-6-10(2)7-9-12;1-6-8(4,5)7(2)3;1-2/h6-9,11H,4-5H2,1-3H3;2,6H2,1,3-5H3;1-2H3. The van der Waals surface area contributed by atoms with Crippen molar-refractivity contribution in [2.75, 3.05) is 0 Å². The van der Waals surface area contributed by atoms with Crippen LogP contribution in [-0.4, -0.2) is 0 Å². The summed E-state index contributed by atoms with van der Waals surface area (Å²) in [5.41, 5.74) is 4.45. The van der Waals surface area contributed by atoms with Crippen LogP contribution >= 0.6 is 0 Å². The molecular weight excluding hydrogens is 264 g/mol. The van der Waals surface area contributed by atoms with Gasteiger partial charge in [-0.25, -0.2) is 0 Å². The highest BCUT2D eigenvalue weighted by Crippen LogP contribution is 2.27. The Hall–Kier alpha value is -1.04. The van der Waals surface area contributed by atoms with Crippen molar-refractivity contribution in [1.82, 2.24) is 0 Å². The minimum Gasteiger partial charge on any atom is -0.0996 e. The highest BCUT2D eigenvalue weighted by molar-refractivity contribution is 5.23. The lowest BCUT2D eigenvalue weighted by atomic mass is 9.84. The summed E-state index contributed by atoms with van der Waals surface area (Å²) in [5.74, 6) is 0.718. The van der Waals surface area contributed by atoms with Gasteiger partial charge in [0, 0.05) is 0 Å². The molecule has 1 unspecified atom stereocenters. The van der Waals surface area contributed by atoms with E-state index in [9.17, 15) is 0 Å². The Bertz CT molecular complexity index is 381. The molecule has 22 heavy (non-hydrogen) atoms. The highest BCUT2D eigenvalue weighted by Gasteiger charge is 2.14. The van der Waals surface area contributed by atoms with Crippen LogP contribution in [-0.2, 0) is 0 Å². The first-order valence-electron chi connectivity index (χ1n) is 8.97. The van der Waals surface area contributed by atoms with Crippen molar-refractivity contribution in [1.29, 1.82) is 0 Å². The van der Waals surface area contributed by atoms with Crippen molar-refractivity contribution >= 4 is 0 Å². The molecule has 0 bridgehead atoms. The first-order valence-corrected chi connectivity index (χ1v) is 8.97. The lowest BCUT2D eigenvalue weighted by Gasteiger charge is -2.22. The van der Waals surface area contributed by atoms with Crippen molar-refractivity contribution in [2.45, 2.75) is 87.5 Å². The van der Waals surface area contributed by atoms with E-state index >= 15 is 0 Å². The van der Waals surface area contributed by atoms with Gasteiger partial charge in [-0.3, -0.25) is 0 Å². The molecule has 0 heteroatoms. The lowest BCUT2D eigenvalue weighted by molar-refractivity contribution is 0.431. The molecule has 0 N–H and O–H groups in total. The van der Waals surface area contributed by atoms with Crippen LogP contribution in [0.4, 0.5) is 0 Å². The average molecular weight is 305 g/mol. The smallest absolute Gasteiger partial charge is 0.0153 e. The molecule has 0 aliphatic rings. The van der Waals surface area contributed by atoms with Gasteiger partial charge in [0.05, 0.1) is 0 Å². The number of hydrogen-bond donors (Lipinski definition) is 0. The quantitative estimate of drug-likeness (QED) is 0.484. The van der Waals surface area contributed by atoms with Crippen molar-refractivity contribution in [3.8, 4) is 0 Å². The third kappa shape index (κ3) is 9.82. The van der Waals surface area contributed by atoms with Gasteiger partial charge in [0.15, 0.2) is 0 Å². The summed E-state index contributed by atoms with van der Waals surface area (Å²) in [6, 6.07) is 8.88. The minimum atomic E-state index is 0.347. The third-order valence-corrected chi connectivity index (χ3v) is 4.41. The number of allylic oxidation sites excluding steroid dienone is 1. The molecule has 0 saturated carbocycles. The Morgan fingerprint density at radius 3 is 1.82 bits per heavy atom. The van der Waals surface area contributed by atoms with Gasteiger partial charge >= 0.3 is 0 Å². The molecular formula is C22H40. The molecule has 1 rings (SSSR count). The Labute approximate surface area is 141 Å². The van der Waals surface area contributed by atoms with Crippen LogP contribution in [0, 0.1) is 12.3 Å². The Morgan fingerprint density at radius 2 is 1.55 bits per heavy atom. The van der Waals surface area contributed by atoms with Crippen LogP contribution in [0.3, 0.4) is 0 Å². The molecule has 0 fully saturated rings. The van der Waals surface area contributed by atoms with E-state index in [0.717, 1.165) is 5.92 Å². The van der Waals surface area contributed by atoms with E-state index in [1.807, 2.05) is 13.8 Å². The second-order valence-corrected chi connectivity index (χ2v) is 6.62. The fourth-order valence-electron chi connectivity index (χ4n) is 1.80. The summed E-state index contributed by atoms with van der Waals surface area (Å²) < 4.78 is 0. The molecule has 0 heterocycles. The van der Waals surface area contributed by atoms with Crippen molar-refractivity contribution in [3.05, 3.63) is 47.5 Å². The SMILES string of the molecule is C=C(C)C(C)(C)CC.CC.CCCC(C)c1ccc(C)cc1. The second-order valence-electron chi connectivity index (χ2n) is 6.62. The van der Waals surface area contributed by atoms with Gasteiger partial charge in [-0.1, -0.05) is 96.9 Å². The van der Waals surface area contributed by atoms with E-state index in [1.54, 1.807) is 0 Å². The number of rotatable bonds is 5. The van der Waals surface area contributed by atoms with E-state index in [4.69, 9.17) is 0 Å². The molecule has 1 aromatic rings. The largest absolute Gasteiger partial charge is 0.0996 e. The van der Waals surface area contributed by atoms with Crippen LogP contribution in [0.25, 0.3) is 0 Å². The molecule has 0 amide bonds. The zero-order chi connectivity index (χ0) is 17.8. The normalized spacial score (nSPS) is 11.5. The van der Waals surface area contributed by atoms with Crippen LogP contribution in [0.15, 0.2) is 36.4 Å². The predicted molar refractivity (Wildman–Crippen MR) is 105 cm³/mol. The number of benzene rings is 1. The summed E-state index contributed by atoms with van der Waals surface area (Å²) in [5, 5.41) is 0.